The van der Waals surface area contributed by atoms with E-state index in [-0.39, 0.29) is 18.5 Å². The van der Waals surface area contributed by atoms with Gasteiger partial charge in [0.15, 0.2) is 0 Å². The topological polar surface area (TPSA) is 111 Å². The lowest BCUT2D eigenvalue weighted by atomic mass is 10.2. The quantitative estimate of drug-likeness (QED) is 0.595. The Hall–Kier alpha value is -2.35. The van der Waals surface area contributed by atoms with Gasteiger partial charge in [-0.15, -0.1) is 10.2 Å². The van der Waals surface area contributed by atoms with Crippen LogP contribution in [-0.2, 0) is 17.0 Å². The third kappa shape index (κ3) is 4.06. The van der Waals surface area contributed by atoms with Crippen LogP contribution < -0.4 is 11.4 Å². The molecular weight excluding hydrogens is 292 g/mol. The van der Waals surface area contributed by atoms with Gasteiger partial charge in [0, 0.05) is 12.2 Å². The number of carboxylic acids is 1. The van der Waals surface area contributed by atoms with Gasteiger partial charge in [-0.05, 0) is 5.56 Å². The molecule has 0 aliphatic carbocycles. The average Bonchev–Trinajstić information content (AvgIpc) is 2.48. The summed E-state index contributed by atoms with van der Waals surface area (Å²) in [5, 5.41) is 16.6. The van der Waals surface area contributed by atoms with Gasteiger partial charge in [-0.2, -0.15) is 4.68 Å². The van der Waals surface area contributed by atoms with Crippen molar-refractivity contribution in [2.75, 3.05) is 5.84 Å². The van der Waals surface area contributed by atoms with Crippen molar-refractivity contribution in [1.29, 1.82) is 0 Å². The first-order valence-electron chi connectivity index (χ1n) is 6.20. The molecule has 3 N–H and O–H groups in total. The van der Waals surface area contributed by atoms with Crippen molar-refractivity contribution in [3.05, 3.63) is 51.9 Å². The summed E-state index contributed by atoms with van der Waals surface area (Å²) < 4.78 is 0.914. The lowest BCUT2D eigenvalue weighted by Gasteiger charge is -2.07. The second-order valence-corrected chi connectivity index (χ2v) is 5.21. The van der Waals surface area contributed by atoms with E-state index in [1.165, 1.54) is 11.8 Å². The van der Waals surface area contributed by atoms with Crippen LogP contribution >= 0.6 is 11.8 Å². The zero-order valence-corrected chi connectivity index (χ0v) is 11.9. The van der Waals surface area contributed by atoms with Gasteiger partial charge in [0.1, 0.15) is 5.69 Å². The van der Waals surface area contributed by atoms with Crippen molar-refractivity contribution in [2.45, 2.75) is 23.8 Å². The number of nitrogens with two attached hydrogens (primary N) is 1. The first-order chi connectivity index (χ1) is 10.1. The molecule has 0 aliphatic rings. The molecule has 1 aromatic carbocycles. The minimum absolute atomic E-state index is 0.0159. The lowest BCUT2D eigenvalue weighted by molar-refractivity contribution is -0.136. The number of nitrogens with zero attached hydrogens (tertiary/aromatic N) is 3. The molecule has 0 amide bonds. The van der Waals surface area contributed by atoms with Crippen molar-refractivity contribution < 1.29 is 9.90 Å². The number of carboxylic acid groups (broad SMARTS) is 1. The molecular formula is C13H14N4O3S. The first kappa shape index (κ1) is 15.0. The van der Waals surface area contributed by atoms with Gasteiger partial charge in [-0.25, -0.2) is 0 Å². The number of carbonyl (C=O) groups is 1. The first-order valence-corrected chi connectivity index (χ1v) is 7.18. The van der Waals surface area contributed by atoms with Crippen molar-refractivity contribution in [2.24, 2.45) is 0 Å². The maximum absolute atomic E-state index is 11.9. The van der Waals surface area contributed by atoms with E-state index in [2.05, 4.69) is 10.2 Å². The van der Waals surface area contributed by atoms with Gasteiger partial charge < -0.3 is 10.9 Å². The summed E-state index contributed by atoms with van der Waals surface area (Å²) in [4.78, 5) is 22.4. The molecule has 1 heterocycles. The molecule has 0 bridgehead atoms. The predicted molar refractivity (Wildman–Crippen MR) is 78.4 cm³/mol. The van der Waals surface area contributed by atoms with Gasteiger partial charge in [0.2, 0.25) is 5.16 Å². The minimum atomic E-state index is -0.998. The fraction of sp³-hybridized carbons (Fsp3) is 0.231. The molecule has 2 rings (SSSR count). The molecule has 0 fully saturated rings. The largest absolute Gasteiger partial charge is 0.481 e. The summed E-state index contributed by atoms with van der Waals surface area (Å²) in [6.45, 7) is 0. The van der Waals surface area contributed by atoms with Crippen LogP contribution in [0.15, 0.2) is 40.3 Å². The van der Waals surface area contributed by atoms with Crippen LogP contribution in [0, 0.1) is 0 Å². The number of hydrogen-bond donors (Lipinski definition) is 2. The molecule has 0 aliphatic heterocycles. The predicted octanol–water partition coefficient (Wildman–Crippen LogP) is 0.662. The van der Waals surface area contributed by atoms with Crippen molar-refractivity contribution in [1.82, 2.24) is 14.9 Å². The number of thioether (sulfide) groups is 1. The number of benzene rings is 1. The van der Waals surface area contributed by atoms with E-state index in [9.17, 15) is 9.59 Å². The Kier molecular flexibility index (Phi) is 4.94. The Morgan fingerprint density at radius 2 is 2.00 bits per heavy atom. The maximum atomic E-state index is 11.9. The van der Waals surface area contributed by atoms with Crippen LogP contribution in [0.3, 0.4) is 0 Å². The Bertz CT molecular complexity index is 688. The van der Waals surface area contributed by atoms with Crippen molar-refractivity contribution in [3.8, 4) is 0 Å². The summed E-state index contributed by atoms with van der Waals surface area (Å²) in [7, 11) is 0. The van der Waals surface area contributed by atoms with E-state index in [1.807, 2.05) is 30.3 Å². The Balaban J connectivity index is 2.09. The van der Waals surface area contributed by atoms with E-state index < -0.39 is 11.5 Å². The van der Waals surface area contributed by atoms with E-state index in [0.717, 1.165) is 10.2 Å². The molecule has 7 nitrogen and oxygen atoms in total. The fourth-order valence-corrected chi connectivity index (χ4v) is 2.43. The van der Waals surface area contributed by atoms with E-state index >= 15 is 0 Å². The summed E-state index contributed by atoms with van der Waals surface area (Å²) >= 11 is 1.30. The molecule has 0 radical (unpaired) electrons. The second-order valence-electron chi connectivity index (χ2n) is 4.27. The van der Waals surface area contributed by atoms with Crippen LogP contribution in [0.2, 0.25) is 0 Å². The second kappa shape index (κ2) is 6.89. The molecule has 110 valence electrons. The molecule has 0 atom stereocenters. The normalized spacial score (nSPS) is 10.5. The third-order valence-corrected chi connectivity index (χ3v) is 3.73. The Labute approximate surface area is 124 Å². The van der Waals surface area contributed by atoms with Crippen LogP contribution in [0.5, 0.6) is 0 Å². The molecule has 1 aromatic heterocycles. The van der Waals surface area contributed by atoms with E-state index in [4.69, 9.17) is 10.9 Å². The maximum Gasteiger partial charge on any atom is 0.303 e. The van der Waals surface area contributed by atoms with Crippen molar-refractivity contribution >= 4 is 17.7 Å². The summed E-state index contributed by atoms with van der Waals surface area (Å²) in [5.41, 5.74) is 0.623. The van der Waals surface area contributed by atoms with E-state index in [0.29, 0.717) is 10.9 Å². The molecule has 21 heavy (non-hydrogen) atoms. The van der Waals surface area contributed by atoms with Gasteiger partial charge in [-0.3, -0.25) is 9.59 Å². The fourth-order valence-electron chi connectivity index (χ4n) is 1.62. The molecule has 8 heteroatoms. The molecule has 2 aromatic rings. The number of rotatable bonds is 6. The highest BCUT2D eigenvalue weighted by atomic mass is 32.2. The number of aryl methyl sites for hydroxylation is 1. The highest BCUT2D eigenvalue weighted by molar-refractivity contribution is 7.98. The van der Waals surface area contributed by atoms with Crippen LogP contribution in [0.25, 0.3) is 0 Å². The van der Waals surface area contributed by atoms with Gasteiger partial charge in [0.25, 0.3) is 5.56 Å². The van der Waals surface area contributed by atoms with Gasteiger partial charge in [0.05, 0.1) is 6.42 Å². The molecule has 0 unspecified atom stereocenters. The summed E-state index contributed by atoms with van der Waals surface area (Å²) in [6, 6.07) is 9.68. The Morgan fingerprint density at radius 1 is 1.29 bits per heavy atom. The standard InChI is InChI=1S/C13H14N4O3S/c14-17-12(20)10(6-7-11(18)19)15-16-13(17)21-8-9-4-2-1-3-5-9/h1-5H,6-8,14H2,(H,18,19). The molecule has 0 saturated heterocycles. The monoisotopic (exact) mass is 306 g/mol. The minimum Gasteiger partial charge on any atom is -0.481 e. The summed E-state index contributed by atoms with van der Waals surface area (Å²) in [5.74, 6) is 5.30. The van der Waals surface area contributed by atoms with E-state index in [1.54, 1.807) is 0 Å². The molecule has 0 saturated carbocycles. The van der Waals surface area contributed by atoms with Crippen LogP contribution in [0.4, 0.5) is 0 Å². The Morgan fingerprint density at radius 3 is 2.67 bits per heavy atom. The lowest BCUT2D eigenvalue weighted by Crippen LogP contribution is -2.33. The molecule has 0 spiro atoms. The summed E-state index contributed by atoms with van der Waals surface area (Å²) in [6.07, 6.45) is -0.164. The van der Waals surface area contributed by atoms with Crippen LogP contribution in [0.1, 0.15) is 17.7 Å². The smallest absolute Gasteiger partial charge is 0.303 e. The number of hydrogen-bond acceptors (Lipinski definition) is 6. The average molecular weight is 306 g/mol. The van der Waals surface area contributed by atoms with Gasteiger partial charge >= 0.3 is 5.97 Å². The van der Waals surface area contributed by atoms with Crippen molar-refractivity contribution in [3.63, 3.8) is 0 Å². The third-order valence-electron chi connectivity index (χ3n) is 2.71. The number of aliphatic carboxylic acids is 1. The SMILES string of the molecule is Nn1c(SCc2ccccc2)nnc(CCC(=O)O)c1=O. The van der Waals surface area contributed by atoms with Crippen LogP contribution in [-0.4, -0.2) is 25.9 Å². The highest BCUT2D eigenvalue weighted by Crippen LogP contribution is 2.18. The number of nitrogen functional groups attached to an aromatic ring is 1. The zero-order valence-electron chi connectivity index (χ0n) is 11.1. The number of aromatic nitrogens is 3. The zero-order chi connectivity index (χ0) is 15.2. The van der Waals surface area contributed by atoms with Gasteiger partial charge in [-0.1, -0.05) is 42.1 Å². The highest BCUT2D eigenvalue weighted by Gasteiger charge is 2.12.